The van der Waals surface area contributed by atoms with Gasteiger partial charge in [0.2, 0.25) is 0 Å². The summed E-state index contributed by atoms with van der Waals surface area (Å²) in [6.07, 6.45) is 0. The Morgan fingerprint density at radius 2 is 2.07 bits per heavy atom. The summed E-state index contributed by atoms with van der Waals surface area (Å²) in [4.78, 5) is 2.00. The van der Waals surface area contributed by atoms with E-state index in [0.717, 1.165) is 5.69 Å². The Labute approximate surface area is 96.5 Å². The lowest BCUT2D eigenvalue weighted by Gasteiger charge is -2.28. The molecule has 1 aromatic carbocycles. The molecule has 0 radical (unpaired) electrons. The van der Waals surface area contributed by atoms with Crippen LogP contribution >= 0.6 is 11.6 Å². The molecule has 84 valence electrons. The lowest BCUT2D eigenvalue weighted by atomic mass is 10.1. The summed E-state index contributed by atoms with van der Waals surface area (Å²) in [6, 6.07) is 6.13. The van der Waals surface area contributed by atoms with E-state index < -0.39 is 0 Å². The number of nitrogens with zero attached hydrogens (tertiary/aromatic N) is 1. The Bertz CT molecular complexity index is 325. The van der Waals surface area contributed by atoms with Crippen LogP contribution in [0.1, 0.15) is 18.1 Å². The fraction of sp³-hybridized carbons (Fsp3) is 0.500. The molecule has 0 saturated carbocycles. The van der Waals surface area contributed by atoms with Crippen molar-refractivity contribution >= 4 is 17.3 Å². The minimum Gasteiger partial charge on any atom is -0.395 e. The van der Waals surface area contributed by atoms with E-state index in [1.807, 2.05) is 24.0 Å². The minimum atomic E-state index is -0.113. The molecule has 1 atom stereocenters. The van der Waals surface area contributed by atoms with Gasteiger partial charge in [-0.05, 0) is 38.0 Å². The Balaban J connectivity index is 3.05. The first-order valence-electron chi connectivity index (χ1n) is 5.15. The van der Waals surface area contributed by atoms with Crippen molar-refractivity contribution in [2.45, 2.75) is 26.3 Å². The largest absolute Gasteiger partial charge is 0.395 e. The molecular weight excluding hydrogens is 210 g/mol. The van der Waals surface area contributed by atoms with Gasteiger partial charge >= 0.3 is 0 Å². The number of aliphatic hydroxyl groups excluding tert-OH is 1. The molecule has 0 spiro atoms. The van der Waals surface area contributed by atoms with E-state index >= 15 is 0 Å². The average molecular weight is 228 g/mol. The maximum Gasteiger partial charge on any atom is 0.101 e. The van der Waals surface area contributed by atoms with Crippen LogP contribution in [-0.2, 0) is 0 Å². The molecular formula is C12H18ClNO. The minimum absolute atomic E-state index is 0.113. The Morgan fingerprint density at radius 1 is 1.40 bits per heavy atom. The van der Waals surface area contributed by atoms with E-state index in [0.29, 0.717) is 6.54 Å². The topological polar surface area (TPSA) is 23.5 Å². The van der Waals surface area contributed by atoms with Crippen LogP contribution in [0.5, 0.6) is 0 Å². The quantitative estimate of drug-likeness (QED) is 0.632. The van der Waals surface area contributed by atoms with E-state index in [2.05, 4.69) is 19.9 Å². The summed E-state index contributed by atoms with van der Waals surface area (Å²) in [5.74, 6) is 0. The van der Waals surface area contributed by atoms with Crippen molar-refractivity contribution in [3.63, 3.8) is 0 Å². The van der Waals surface area contributed by atoms with Gasteiger partial charge in [-0.15, -0.1) is 0 Å². The number of halogens is 1. The monoisotopic (exact) mass is 227 g/mol. The van der Waals surface area contributed by atoms with E-state index in [4.69, 9.17) is 16.7 Å². The van der Waals surface area contributed by atoms with Gasteiger partial charge in [-0.2, -0.15) is 0 Å². The molecule has 15 heavy (non-hydrogen) atoms. The van der Waals surface area contributed by atoms with Crippen molar-refractivity contribution in [1.29, 1.82) is 0 Å². The molecule has 0 saturated heterocycles. The van der Waals surface area contributed by atoms with E-state index in [9.17, 15) is 0 Å². The number of alkyl halides is 1. The van der Waals surface area contributed by atoms with E-state index in [1.54, 1.807) is 0 Å². The highest BCUT2D eigenvalue weighted by atomic mass is 35.5. The normalized spacial score (nSPS) is 12.6. The highest BCUT2D eigenvalue weighted by molar-refractivity contribution is 6.21. The average Bonchev–Trinajstić information content (AvgIpc) is 2.19. The predicted octanol–water partition coefficient (Wildman–Crippen LogP) is 2.69. The lowest BCUT2D eigenvalue weighted by Crippen LogP contribution is -2.32. The molecule has 0 amide bonds. The van der Waals surface area contributed by atoms with Gasteiger partial charge in [0, 0.05) is 12.2 Å². The summed E-state index contributed by atoms with van der Waals surface area (Å²) in [5.41, 5.74) is 3.45. The first-order chi connectivity index (χ1) is 7.07. The zero-order valence-corrected chi connectivity index (χ0v) is 10.3. The Morgan fingerprint density at radius 3 is 2.60 bits per heavy atom. The second-order valence-corrected chi connectivity index (χ2v) is 4.34. The van der Waals surface area contributed by atoms with Crippen LogP contribution in [0.15, 0.2) is 18.2 Å². The first-order valence-corrected chi connectivity index (χ1v) is 5.59. The summed E-state index contributed by atoms with van der Waals surface area (Å²) in [7, 11) is 0. The maximum atomic E-state index is 9.01. The lowest BCUT2D eigenvalue weighted by molar-refractivity contribution is 0.301. The van der Waals surface area contributed by atoms with Crippen molar-refractivity contribution in [1.82, 2.24) is 0 Å². The third kappa shape index (κ3) is 2.86. The van der Waals surface area contributed by atoms with Gasteiger partial charge in [0.15, 0.2) is 0 Å². The Hall–Kier alpha value is -0.730. The fourth-order valence-electron chi connectivity index (χ4n) is 1.64. The van der Waals surface area contributed by atoms with Gasteiger partial charge in [-0.1, -0.05) is 23.7 Å². The van der Waals surface area contributed by atoms with Crippen molar-refractivity contribution < 1.29 is 5.11 Å². The SMILES string of the molecule is Cc1cccc(N(CCO)C(C)Cl)c1C. The van der Waals surface area contributed by atoms with Crippen molar-refractivity contribution in [3.8, 4) is 0 Å². The third-order valence-corrected chi connectivity index (χ3v) is 2.89. The van der Waals surface area contributed by atoms with Crippen molar-refractivity contribution in [2.24, 2.45) is 0 Å². The maximum absolute atomic E-state index is 9.01. The first kappa shape index (κ1) is 12.3. The standard InChI is InChI=1S/C12H18ClNO/c1-9-5-4-6-12(10(9)2)14(7-8-15)11(3)13/h4-6,11,15H,7-8H2,1-3H3. The molecule has 0 bridgehead atoms. The second kappa shape index (κ2) is 5.38. The van der Waals surface area contributed by atoms with E-state index in [-0.39, 0.29) is 12.1 Å². The molecule has 0 heterocycles. The molecule has 1 rings (SSSR count). The van der Waals surface area contributed by atoms with Crippen LogP contribution in [0.2, 0.25) is 0 Å². The molecule has 3 heteroatoms. The number of hydrogen-bond donors (Lipinski definition) is 1. The summed E-state index contributed by atoms with van der Waals surface area (Å²) in [6.45, 7) is 6.75. The summed E-state index contributed by atoms with van der Waals surface area (Å²) >= 11 is 6.10. The Kier molecular flexibility index (Phi) is 4.43. The second-order valence-electron chi connectivity index (χ2n) is 3.71. The van der Waals surface area contributed by atoms with Crippen LogP contribution in [0.4, 0.5) is 5.69 Å². The van der Waals surface area contributed by atoms with Crippen LogP contribution in [0.3, 0.4) is 0 Å². The summed E-state index contributed by atoms with van der Waals surface area (Å²) < 4.78 is 0. The van der Waals surface area contributed by atoms with Gasteiger partial charge in [0.25, 0.3) is 0 Å². The van der Waals surface area contributed by atoms with E-state index in [1.165, 1.54) is 11.1 Å². The molecule has 1 unspecified atom stereocenters. The van der Waals surface area contributed by atoms with Crippen LogP contribution in [-0.4, -0.2) is 23.8 Å². The number of benzene rings is 1. The van der Waals surface area contributed by atoms with Crippen LogP contribution < -0.4 is 4.90 Å². The van der Waals surface area contributed by atoms with Crippen molar-refractivity contribution in [3.05, 3.63) is 29.3 Å². The smallest absolute Gasteiger partial charge is 0.101 e. The molecule has 0 fully saturated rings. The van der Waals surface area contributed by atoms with Gasteiger partial charge in [0.05, 0.1) is 6.61 Å². The molecule has 0 aliphatic rings. The van der Waals surface area contributed by atoms with Gasteiger partial charge in [0.1, 0.15) is 5.50 Å². The number of hydrogen-bond acceptors (Lipinski definition) is 2. The molecule has 0 aliphatic heterocycles. The molecule has 1 N–H and O–H groups in total. The van der Waals surface area contributed by atoms with Gasteiger partial charge < -0.3 is 10.0 Å². The third-order valence-electron chi connectivity index (χ3n) is 2.66. The van der Waals surface area contributed by atoms with Crippen LogP contribution in [0.25, 0.3) is 0 Å². The highest BCUT2D eigenvalue weighted by Gasteiger charge is 2.13. The van der Waals surface area contributed by atoms with Gasteiger partial charge in [-0.3, -0.25) is 0 Å². The number of anilines is 1. The molecule has 1 aromatic rings. The molecule has 0 aromatic heterocycles. The number of rotatable bonds is 4. The van der Waals surface area contributed by atoms with Crippen LogP contribution in [0, 0.1) is 13.8 Å². The molecule has 0 aliphatic carbocycles. The van der Waals surface area contributed by atoms with Gasteiger partial charge in [-0.25, -0.2) is 0 Å². The highest BCUT2D eigenvalue weighted by Crippen LogP contribution is 2.25. The molecule has 2 nitrogen and oxygen atoms in total. The number of aliphatic hydroxyl groups is 1. The number of aryl methyl sites for hydroxylation is 1. The zero-order valence-electron chi connectivity index (χ0n) is 9.50. The predicted molar refractivity (Wildman–Crippen MR) is 65.7 cm³/mol. The summed E-state index contributed by atoms with van der Waals surface area (Å²) in [5, 5.41) is 9.01. The van der Waals surface area contributed by atoms with Crippen molar-refractivity contribution in [2.75, 3.05) is 18.1 Å². The fourth-order valence-corrected chi connectivity index (χ4v) is 1.85. The zero-order chi connectivity index (χ0) is 11.4.